The van der Waals surface area contributed by atoms with Gasteiger partial charge in [-0.15, -0.1) is 0 Å². The number of quaternary nitrogens is 1. The van der Waals surface area contributed by atoms with Crippen molar-refractivity contribution in [3.8, 4) is 0 Å². The molecule has 0 aliphatic carbocycles. The van der Waals surface area contributed by atoms with Crippen molar-refractivity contribution >= 4 is 5.97 Å². The molecule has 0 heterocycles. The lowest BCUT2D eigenvalue weighted by atomic mass is 10.1. The maximum Gasteiger partial charge on any atom is 0.0768 e. The third-order valence-electron chi connectivity index (χ3n) is 5.45. The summed E-state index contributed by atoms with van der Waals surface area (Å²) < 4.78 is 0. The van der Waals surface area contributed by atoms with Gasteiger partial charge in [0, 0.05) is 5.97 Å². The summed E-state index contributed by atoms with van der Waals surface area (Å²) in [7, 11) is 0. The highest BCUT2D eigenvalue weighted by molar-refractivity contribution is 5.63. The van der Waals surface area contributed by atoms with Gasteiger partial charge in [0.1, 0.15) is 0 Å². The van der Waals surface area contributed by atoms with E-state index in [0.29, 0.717) is 0 Å². The summed E-state index contributed by atoms with van der Waals surface area (Å²) in [5, 5.41) is 10.2. The molecular formula is C27H55NO2. The minimum Gasteiger partial charge on any atom is -0.550 e. The third kappa shape index (κ3) is 29.4. The van der Waals surface area contributed by atoms with E-state index in [4.69, 9.17) is 0 Å². The van der Waals surface area contributed by atoms with Gasteiger partial charge in [-0.25, -0.2) is 0 Å². The number of carbonyl (C=O) groups is 1. The third-order valence-corrected chi connectivity index (χ3v) is 5.45. The van der Waals surface area contributed by atoms with Crippen LogP contribution >= 0.6 is 0 Å². The molecule has 0 spiro atoms. The number of carboxylic acids is 1. The molecule has 0 rings (SSSR count). The largest absolute Gasteiger partial charge is 0.550 e. The van der Waals surface area contributed by atoms with Crippen LogP contribution in [0.4, 0.5) is 0 Å². The smallest absolute Gasteiger partial charge is 0.0768 e. The SMILES string of the molecule is CCCCCCCC/C=C\CCCCCCCC(=O)[O-].CCC[NH+](CCC)CCC. The summed E-state index contributed by atoms with van der Waals surface area (Å²) in [5.74, 6) is -0.914. The predicted octanol–water partition coefficient (Wildman–Crippen LogP) is 5.88. The van der Waals surface area contributed by atoms with E-state index in [1.807, 2.05) is 0 Å². The van der Waals surface area contributed by atoms with Gasteiger partial charge < -0.3 is 14.8 Å². The van der Waals surface area contributed by atoms with Crippen LogP contribution in [0.2, 0.25) is 0 Å². The van der Waals surface area contributed by atoms with Gasteiger partial charge in [-0.3, -0.25) is 0 Å². The van der Waals surface area contributed by atoms with Gasteiger partial charge in [0.2, 0.25) is 0 Å². The Morgan fingerprint density at radius 1 is 0.600 bits per heavy atom. The van der Waals surface area contributed by atoms with Gasteiger partial charge in [-0.1, -0.05) is 91.2 Å². The lowest BCUT2D eigenvalue weighted by molar-refractivity contribution is -0.900. The molecule has 0 fully saturated rings. The first-order valence-corrected chi connectivity index (χ1v) is 13.3. The van der Waals surface area contributed by atoms with Crippen LogP contribution in [0, 0.1) is 0 Å². The maximum absolute atomic E-state index is 10.2. The number of carbonyl (C=O) groups excluding carboxylic acids is 1. The highest BCUT2D eigenvalue weighted by Crippen LogP contribution is 2.09. The zero-order chi connectivity index (χ0) is 22.7. The van der Waals surface area contributed by atoms with Crippen molar-refractivity contribution in [2.75, 3.05) is 19.6 Å². The van der Waals surface area contributed by atoms with Gasteiger partial charge in [0.15, 0.2) is 0 Å². The van der Waals surface area contributed by atoms with E-state index in [0.717, 1.165) is 19.3 Å². The lowest BCUT2D eigenvalue weighted by Gasteiger charge is -2.16. The van der Waals surface area contributed by atoms with Gasteiger partial charge in [-0.05, 0) is 57.8 Å². The molecule has 0 aliphatic rings. The number of hydrogen-bond acceptors (Lipinski definition) is 2. The highest BCUT2D eigenvalue weighted by Gasteiger charge is 2.02. The van der Waals surface area contributed by atoms with Crippen molar-refractivity contribution in [1.82, 2.24) is 0 Å². The van der Waals surface area contributed by atoms with E-state index in [-0.39, 0.29) is 6.42 Å². The molecule has 180 valence electrons. The molecule has 0 amide bonds. The minimum atomic E-state index is -0.914. The van der Waals surface area contributed by atoms with Crippen LogP contribution in [0.5, 0.6) is 0 Å². The fraction of sp³-hybridized carbons (Fsp3) is 0.889. The normalized spacial score (nSPS) is 11.1. The monoisotopic (exact) mass is 425 g/mol. The number of allylic oxidation sites excluding steroid dienone is 2. The molecular weight excluding hydrogens is 370 g/mol. The van der Waals surface area contributed by atoms with E-state index in [2.05, 4.69) is 39.8 Å². The summed E-state index contributed by atoms with van der Waals surface area (Å²) in [5.41, 5.74) is 0. The summed E-state index contributed by atoms with van der Waals surface area (Å²) in [4.78, 5) is 12.0. The van der Waals surface area contributed by atoms with Crippen LogP contribution in [0.1, 0.15) is 137 Å². The van der Waals surface area contributed by atoms with Crippen LogP contribution in [-0.4, -0.2) is 25.6 Å². The van der Waals surface area contributed by atoms with Gasteiger partial charge >= 0.3 is 0 Å². The summed E-state index contributed by atoms with van der Waals surface area (Å²) in [6, 6.07) is 0. The molecule has 0 saturated heterocycles. The predicted molar refractivity (Wildman–Crippen MR) is 131 cm³/mol. The van der Waals surface area contributed by atoms with Gasteiger partial charge in [0.05, 0.1) is 19.6 Å². The van der Waals surface area contributed by atoms with Crippen molar-refractivity contribution in [3.05, 3.63) is 12.2 Å². The molecule has 0 bridgehead atoms. The average molecular weight is 426 g/mol. The Kier molecular flexibility index (Phi) is 29.4. The van der Waals surface area contributed by atoms with E-state index in [9.17, 15) is 9.90 Å². The van der Waals surface area contributed by atoms with Crippen molar-refractivity contribution < 1.29 is 14.8 Å². The zero-order valence-corrected chi connectivity index (χ0v) is 21.1. The molecule has 0 aromatic rings. The Bertz CT molecular complexity index is 341. The second kappa shape index (κ2) is 28.2. The standard InChI is InChI=1S/C18H34O2.C9H21N/c1-2-3-4-5-6-7-8-9-10-11-12-13-14-15-16-17-18(19)20;1-4-7-10(8-5-2)9-6-3/h9-10H,2-8,11-17H2,1H3,(H,19,20);4-9H2,1-3H3/b10-9-;. The maximum atomic E-state index is 10.2. The topological polar surface area (TPSA) is 44.6 Å². The number of carboxylic acid groups (broad SMARTS) is 1. The fourth-order valence-electron chi connectivity index (χ4n) is 3.78. The first-order chi connectivity index (χ1) is 14.6. The van der Waals surface area contributed by atoms with E-state index < -0.39 is 5.97 Å². The molecule has 0 radical (unpaired) electrons. The van der Waals surface area contributed by atoms with Crippen LogP contribution in [-0.2, 0) is 4.79 Å². The molecule has 30 heavy (non-hydrogen) atoms. The summed E-state index contributed by atoms with van der Waals surface area (Å²) in [6.07, 6.45) is 24.9. The van der Waals surface area contributed by atoms with Gasteiger partial charge in [0.25, 0.3) is 0 Å². The van der Waals surface area contributed by atoms with Crippen molar-refractivity contribution in [1.29, 1.82) is 0 Å². The number of aliphatic carboxylic acids is 1. The average Bonchev–Trinajstić information content (AvgIpc) is 2.72. The first kappa shape index (κ1) is 31.4. The van der Waals surface area contributed by atoms with Crippen LogP contribution in [0.3, 0.4) is 0 Å². The van der Waals surface area contributed by atoms with Crippen LogP contribution in [0.15, 0.2) is 12.2 Å². The Morgan fingerprint density at radius 2 is 1.00 bits per heavy atom. The molecule has 0 aromatic heterocycles. The van der Waals surface area contributed by atoms with E-state index >= 15 is 0 Å². The number of unbranched alkanes of at least 4 members (excludes halogenated alkanes) is 11. The second-order valence-corrected chi connectivity index (χ2v) is 8.71. The first-order valence-electron chi connectivity index (χ1n) is 13.3. The van der Waals surface area contributed by atoms with E-state index in [1.165, 1.54) is 103 Å². The Hall–Kier alpha value is -0.830. The molecule has 0 saturated carbocycles. The fourth-order valence-corrected chi connectivity index (χ4v) is 3.78. The molecule has 0 aromatic carbocycles. The number of rotatable bonds is 21. The number of nitrogens with one attached hydrogen (secondary N) is 1. The molecule has 1 N–H and O–H groups in total. The van der Waals surface area contributed by atoms with Crippen molar-refractivity contribution in [2.45, 2.75) is 137 Å². The van der Waals surface area contributed by atoms with E-state index in [1.54, 1.807) is 4.90 Å². The molecule has 0 aliphatic heterocycles. The van der Waals surface area contributed by atoms with Crippen LogP contribution in [0.25, 0.3) is 0 Å². The van der Waals surface area contributed by atoms with Gasteiger partial charge in [-0.2, -0.15) is 0 Å². The quantitative estimate of drug-likeness (QED) is 0.184. The lowest BCUT2D eigenvalue weighted by Crippen LogP contribution is -3.11. The second-order valence-electron chi connectivity index (χ2n) is 8.71. The Balaban J connectivity index is 0. The molecule has 3 heteroatoms. The number of hydrogen-bond donors (Lipinski definition) is 1. The minimum absolute atomic E-state index is 0.220. The molecule has 0 atom stereocenters. The summed E-state index contributed by atoms with van der Waals surface area (Å²) in [6.45, 7) is 13.2. The van der Waals surface area contributed by atoms with Crippen molar-refractivity contribution in [2.24, 2.45) is 0 Å². The summed E-state index contributed by atoms with van der Waals surface area (Å²) >= 11 is 0. The molecule has 0 unspecified atom stereocenters. The van der Waals surface area contributed by atoms with Crippen molar-refractivity contribution in [3.63, 3.8) is 0 Å². The van der Waals surface area contributed by atoms with Crippen LogP contribution < -0.4 is 10.0 Å². The highest BCUT2D eigenvalue weighted by atomic mass is 16.4. The Labute approximate surface area is 189 Å². The Morgan fingerprint density at radius 3 is 1.40 bits per heavy atom. The zero-order valence-electron chi connectivity index (χ0n) is 21.1. The molecule has 3 nitrogen and oxygen atoms in total.